The van der Waals surface area contributed by atoms with Gasteiger partial charge in [0, 0.05) is 12.0 Å². The molecular weight excluding hydrogens is 234 g/mol. The van der Waals surface area contributed by atoms with Gasteiger partial charge in [0.2, 0.25) is 0 Å². The summed E-state index contributed by atoms with van der Waals surface area (Å²) in [6.07, 6.45) is 10.7. The Kier molecular flexibility index (Phi) is 2.12. The van der Waals surface area contributed by atoms with Crippen molar-refractivity contribution in [2.45, 2.75) is 12.5 Å². The molecule has 92 valence electrons. The van der Waals surface area contributed by atoms with E-state index in [4.69, 9.17) is 0 Å². The number of hydrogen-bond donors (Lipinski definition) is 1. The largest absolute Gasteiger partial charge is 0.381 e. The normalized spacial score (nSPS) is 23.3. The van der Waals surface area contributed by atoms with Crippen LogP contribution in [0.2, 0.25) is 0 Å². The zero-order valence-electron chi connectivity index (χ0n) is 10.4. The van der Waals surface area contributed by atoms with Gasteiger partial charge in [-0.25, -0.2) is 0 Å². The molecule has 1 atom stereocenters. The third-order valence-electron chi connectivity index (χ3n) is 3.93. The molecule has 4 rings (SSSR count). The topological polar surface area (TPSA) is 29.1 Å². The van der Waals surface area contributed by atoms with Crippen LogP contribution in [0.15, 0.2) is 65.9 Å². The number of benzene rings is 1. The number of carbonyl (C=O) groups excluding carboxylic acids is 1. The molecule has 2 aliphatic carbocycles. The molecule has 1 heterocycles. The summed E-state index contributed by atoms with van der Waals surface area (Å²) in [7, 11) is 0. The Morgan fingerprint density at radius 1 is 1.21 bits per heavy atom. The van der Waals surface area contributed by atoms with Crippen LogP contribution in [0.3, 0.4) is 0 Å². The molecule has 0 bridgehead atoms. The van der Waals surface area contributed by atoms with Crippen LogP contribution < -0.4 is 5.32 Å². The van der Waals surface area contributed by atoms with Gasteiger partial charge in [0.1, 0.15) is 0 Å². The second-order valence-corrected chi connectivity index (χ2v) is 5.03. The van der Waals surface area contributed by atoms with Gasteiger partial charge in [0.05, 0.1) is 6.04 Å². The fourth-order valence-electron chi connectivity index (χ4n) is 3.07. The number of Topliss-reactive ketones (excluding diaryl/α,β-unsaturated/α-hetero) is 1. The van der Waals surface area contributed by atoms with Crippen LogP contribution in [-0.2, 0) is 11.2 Å². The molecule has 19 heavy (non-hydrogen) atoms. The Balaban J connectivity index is 1.98. The lowest BCUT2D eigenvalue weighted by atomic mass is 9.76. The Bertz CT molecular complexity index is 704. The molecule has 0 saturated heterocycles. The summed E-state index contributed by atoms with van der Waals surface area (Å²) in [5.74, 6) is 0.228. The molecule has 1 aromatic rings. The van der Waals surface area contributed by atoms with Crippen molar-refractivity contribution >= 4 is 11.4 Å². The van der Waals surface area contributed by atoms with Crippen LogP contribution in [0.5, 0.6) is 0 Å². The molecule has 2 nitrogen and oxygen atoms in total. The predicted molar refractivity (Wildman–Crippen MR) is 75.4 cm³/mol. The molecule has 1 unspecified atom stereocenters. The maximum atomic E-state index is 12.5. The lowest BCUT2D eigenvalue weighted by molar-refractivity contribution is -0.114. The summed E-state index contributed by atoms with van der Waals surface area (Å²) in [6, 6.07) is 8.32. The number of dihydropyridines is 1. The minimum Gasteiger partial charge on any atom is -0.381 e. The molecule has 0 aromatic heterocycles. The maximum absolute atomic E-state index is 12.5. The van der Waals surface area contributed by atoms with Crippen LogP contribution in [0, 0.1) is 0 Å². The monoisotopic (exact) mass is 247 g/mol. The second-order valence-electron chi connectivity index (χ2n) is 5.03. The van der Waals surface area contributed by atoms with E-state index in [1.165, 1.54) is 5.56 Å². The first-order chi connectivity index (χ1) is 9.34. The summed E-state index contributed by atoms with van der Waals surface area (Å²) >= 11 is 0. The number of allylic oxidation sites excluding steroid dienone is 4. The Morgan fingerprint density at radius 3 is 3.05 bits per heavy atom. The van der Waals surface area contributed by atoms with Crippen molar-refractivity contribution in [1.82, 2.24) is 5.32 Å². The third kappa shape index (κ3) is 1.46. The Hall–Kier alpha value is -2.35. The van der Waals surface area contributed by atoms with Gasteiger partial charge in [-0.05, 0) is 34.5 Å². The minimum absolute atomic E-state index is 0.137. The molecule has 2 heteroatoms. The predicted octanol–water partition coefficient (Wildman–Crippen LogP) is 2.55. The average molecular weight is 247 g/mol. The molecule has 0 spiro atoms. The molecule has 3 aliphatic rings. The van der Waals surface area contributed by atoms with Crippen LogP contribution >= 0.6 is 0 Å². The molecule has 1 aliphatic heterocycles. The highest BCUT2D eigenvalue weighted by Gasteiger charge is 2.31. The molecule has 0 fully saturated rings. The van der Waals surface area contributed by atoms with E-state index in [0.29, 0.717) is 6.42 Å². The van der Waals surface area contributed by atoms with Crippen molar-refractivity contribution in [3.05, 3.63) is 77.0 Å². The van der Waals surface area contributed by atoms with E-state index in [0.717, 1.165) is 22.3 Å². The fraction of sp³-hybridized carbons (Fsp3) is 0.118. The lowest BCUT2D eigenvalue weighted by Gasteiger charge is -2.30. The van der Waals surface area contributed by atoms with Crippen molar-refractivity contribution in [2.24, 2.45) is 0 Å². The number of nitrogens with one attached hydrogen (secondary N) is 1. The summed E-state index contributed by atoms with van der Waals surface area (Å²) in [6.45, 7) is 0. The zero-order valence-corrected chi connectivity index (χ0v) is 10.4. The summed E-state index contributed by atoms with van der Waals surface area (Å²) in [5, 5.41) is 3.28. The molecular formula is C17H13NO. The smallest absolute Gasteiger partial charge is 0.168 e. The lowest BCUT2D eigenvalue weighted by Crippen LogP contribution is -2.33. The van der Waals surface area contributed by atoms with E-state index >= 15 is 0 Å². The number of carbonyl (C=O) groups is 1. The number of rotatable bonds is 0. The van der Waals surface area contributed by atoms with Gasteiger partial charge in [-0.15, -0.1) is 0 Å². The van der Waals surface area contributed by atoms with E-state index in [1.807, 2.05) is 36.6 Å². The third-order valence-corrected chi connectivity index (χ3v) is 3.93. The van der Waals surface area contributed by atoms with Gasteiger partial charge >= 0.3 is 0 Å². The Labute approximate surface area is 111 Å². The Morgan fingerprint density at radius 2 is 2.11 bits per heavy atom. The van der Waals surface area contributed by atoms with Gasteiger partial charge in [-0.2, -0.15) is 0 Å². The van der Waals surface area contributed by atoms with Crippen molar-refractivity contribution in [1.29, 1.82) is 0 Å². The second kappa shape index (κ2) is 3.82. The molecule has 0 saturated carbocycles. The standard InChI is InChI=1S/C17H13NO/c19-16-10-11-4-1-2-5-12(11)13-7-8-15-14(17(13)16)6-3-9-18-15/h1-9,15,18H,10H2. The number of hydrogen-bond acceptors (Lipinski definition) is 2. The first-order valence-corrected chi connectivity index (χ1v) is 6.52. The maximum Gasteiger partial charge on any atom is 0.168 e. The van der Waals surface area contributed by atoms with Crippen molar-refractivity contribution in [3.8, 4) is 0 Å². The minimum atomic E-state index is 0.137. The highest BCUT2D eigenvalue weighted by Crippen LogP contribution is 2.38. The number of ketones is 1. The van der Waals surface area contributed by atoms with Gasteiger partial charge in [0.15, 0.2) is 5.78 Å². The quantitative estimate of drug-likeness (QED) is 0.763. The highest BCUT2D eigenvalue weighted by molar-refractivity contribution is 6.13. The SMILES string of the molecule is O=C1Cc2ccccc2C2=C1C1=CC=CNC1C=C2. The highest BCUT2D eigenvalue weighted by atomic mass is 16.1. The molecule has 1 N–H and O–H groups in total. The van der Waals surface area contributed by atoms with E-state index in [9.17, 15) is 4.79 Å². The van der Waals surface area contributed by atoms with E-state index in [-0.39, 0.29) is 11.8 Å². The van der Waals surface area contributed by atoms with Crippen molar-refractivity contribution < 1.29 is 4.79 Å². The van der Waals surface area contributed by atoms with Gasteiger partial charge in [-0.1, -0.05) is 42.5 Å². The fourth-order valence-corrected chi connectivity index (χ4v) is 3.07. The van der Waals surface area contributed by atoms with Gasteiger partial charge in [-0.3, -0.25) is 4.79 Å². The number of fused-ring (bicyclic) bond motifs is 4. The first kappa shape index (κ1) is 10.6. The van der Waals surface area contributed by atoms with Crippen LogP contribution in [0.4, 0.5) is 0 Å². The van der Waals surface area contributed by atoms with Gasteiger partial charge in [0.25, 0.3) is 0 Å². The molecule has 0 radical (unpaired) electrons. The zero-order chi connectivity index (χ0) is 12.8. The first-order valence-electron chi connectivity index (χ1n) is 6.52. The average Bonchev–Trinajstić information content (AvgIpc) is 2.46. The van der Waals surface area contributed by atoms with Crippen LogP contribution in [-0.4, -0.2) is 11.8 Å². The van der Waals surface area contributed by atoms with Crippen LogP contribution in [0.1, 0.15) is 11.1 Å². The molecule has 0 amide bonds. The van der Waals surface area contributed by atoms with E-state index in [1.54, 1.807) is 0 Å². The summed E-state index contributed by atoms with van der Waals surface area (Å²) < 4.78 is 0. The van der Waals surface area contributed by atoms with Crippen molar-refractivity contribution in [2.75, 3.05) is 0 Å². The van der Waals surface area contributed by atoms with E-state index < -0.39 is 0 Å². The summed E-state index contributed by atoms with van der Waals surface area (Å²) in [5.41, 5.74) is 5.39. The van der Waals surface area contributed by atoms with Crippen molar-refractivity contribution in [3.63, 3.8) is 0 Å². The summed E-state index contributed by atoms with van der Waals surface area (Å²) in [4.78, 5) is 12.5. The van der Waals surface area contributed by atoms with E-state index in [2.05, 4.69) is 23.5 Å². The van der Waals surface area contributed by atoms with Gasteiger partial charge < -0.3 is 5.32 Å². The molecule has 1 aromatic carbocycles. The van der Waals surface area contributed by atoms with Crippen LogP contribution in [0.25, 0.3) is 5.57 Å².